The molecule has 0 N–H and O–H groups in total. The molecule has 0 saturated carbocycles. The summed E-state index contributed by atoms with van der Waals surface area (Å²) in [5, 5.41) is 4.86. The lowest BCUT2D eigenvalue weighted by Crippen LogP contribution is -2.49. The van der Waals surface area contributed by atoms with Gasteiger partial charge in [0.15, 0.2) is 11.5 Å². The molecule has 3 aromatic rings. The van der Waals surface area contributed by atoms with E-state index in [0.29, 0.717) is 31.3 Å². The summed E-state index contributed by atoms with van der Waals surface area (Å²) in [4.78, 5) is 30.8. The number of pyridine rings is 1. The van der Waals surface area contributed by atoms with Crippen LogP contribution in [0.25, 0.3) is 10.9 Å². The van der Waals surface area contributed by atoms with Crippen molar-refractivity contribution in [2.45, 2.75) is 26.0 Å². The van der Waals surface area contributed by atoms with Crippen molar-refractivity contribution >= 4 is 22.8 Å². The normalized spacial score (nSPS) is 16.3. The maximum absolute atomic E-state index is 13.0. The molecule has 0 aliphatic carbocycles. The Morgan fingerprint density at radius 3 is 3.00 bits per heavy atom. The minimum Gasteiger partial charge on any atom is -0.483 e. The fourth-order valence-corrected chi connectivity index (χ4v) is 3.47. The summed E-state index contributed by atoms with van der Waals surface area (Å²) in [6.45, 7) is 3.17. The van der Waals surface area contributed by atoms with Crippen LogP contribution in [0.3, 0.4) is 0 Å². The molecule has 2 aromatic heterocycles. The topological polar surface area (TPSA) is 104 Å². The number of para-hydroxylation sites is 1. The standard InChI is InChI=1S/C22H23N3O6/c1-2-29-20(26)11-16-13-28-10-9-25(16)22(27)18-12-17(31-24-18)14-30-19-7-3-5-15-6-4-8-23-21(15)19/h3-8,12,16H,2,9-11,13-14H2,1H3/t16-/m1/s1. The second kappa shape index (κ2) is 9.57. The number of aromatic nitrogens is 2. The van der Waals surface area contributed by atoms with Gasteiger partial charge in [-0.1, -0.05) is 23.4 Å². The van der Waals surface area contributed by atoms with Crippen LogP contribution in [0.15, 0.2) is 47.1 Å². The molecule has 4 rings (SSSR count). The molecule has 1 aromatic carbocycles. The highest BCUT2D eigenvalue weighted by atomic mass is 16.5. The number of benzene rings is 1. The third-order valence-electron chi connectivity index (χ3n) is 4.94. The summed E-state index contributed by atoms with van der Waals surface area (Å²) in [6.07, 6.45) is 1.77. The SMILES string of the molecule is CCOC(=O)C[C@@H]1COCCN1C(=O)c1cc(COc2cccc3cccnc23)on1. The largest absolute Gasteiger partial charge is 0.483 e. The van der Waals surface area contributed by atoms with E-state index in [2.05, 4.69) is 10.1 Å². The van der Waals surface area contributed by atoms with E-state index in [1.54, 1.807) is 24.1 Å². The van der Waals surface area contributed by atoms with Crippen LogP contribution >= 0.6 is 0 Å². The summed E-state index contributed by atoms with van der Waals surface area (Å²) in [5.41, 5.74) is 0.904. The predicted molar refractivity (Wildman–Crippen MR) is 109 cm³/mol. The Bertz CT molecular complexity index is 1060. The first-order chi connectivity index (χ1) is 15.2. The summed E-state index contributed by atoms with van der Waals surface area (Å²) in [5.74, 6) is 0.338. The van der Waals surface area contributed by atoms with Crippen LogP contribution in [0.4, 0.5) is 0 Å². The minimum atomic E-state index is -0.404. The lowest BCUT2D eigenvalue weighted by Gasteiger charge is -2.34. The monoisotopic (exact) mass is 425 g/mol. The van der Waals surface area contributed by atoms with E-state index in [-0.39, 0.29) is 37.2 Å². The maximum atomic E-state index is 13.0. The van der Waals surface area contributed by atoms with Gasteiger partial charge in [-0.15, -0.1) is 0 Å². The second-order valence-electron chi connectivity index (χ2n) is 7.03. The quantitative estimate of drug-likeness (QED) is 0.532. The Morgan fingerprint density at radius 2 is 2.13 bits per heavy atom. The molecule has 0 unspecified atom stereocenters. The third kappa shape index (κ3) is 4.83. The first-order valence-electron chi connectivity index (χ1n) is 10.1. The molecule has 1 aliphatic heterocycles. The molecule has 0 spiro atoms. The van der Waals surface area contributed by atoms with E-state index in [4.69, 9.17) is 18.7 Å². The molecular formula is C22H23N3O6. The van der Waals surface area contributed by atoms with Crippen LogP contribution < -0.4 is 4.74 Å². The molecule has 1 fully saturated rings. The second-order valence-corrected chi connectivity index (χ2v) is 7.03. The van der Waals surface area contributed by atoms with E-state index in [1.807, 2.05) is 30.3 Å². The molecule has 162 valence electrons. The van der Waals surface area contributed by atoms with E-state index in [0.717, 1.165) is 10.9 Å². The van der Waals surface area contributed by atoms with Gasteiger partial charge in [-0.2, -0.15) is 0 Å². The van der Waals surface area contributed by atoms with Crippen LogP contribution in [0.1, 0.15) is 29.6 Å². The Balaban J connectivity index is 1.42. The number of rotatable bonds is 7. The fourth-order valence-electron chi connectivity index (χ4n) is 3.47. The van der Waals surface area contributed by atoms with E-state index >= 15 is 0 Å². The Morgan fingerprint density at radius 1 is 1.26 bits per heavy atom. The average Bonchev–Trinajstić information content (AvgIpc) is 3.27. The minimum absolute atomic E-state index is 0.0709. The smallest absolute Gasteiger partial charge is 0.307 e. The zero-order chi connectivity index (χ0) is 21.6. The van der Waals surface area contributed by atoms with Gasteiger partial charge in [0.2, 0.25) is 0 Å². The van der Waals surface area contributed by atoms with Crippen molar-refractivity contribution in [1.82, 2.24) is 15.0 Å². The van der Waals surface area contributed by atoms with Crippen molar-refractivity contribution in [1.29, 1.82) is 0 Å². The van der Waals surface area contributed by atoms with E-state index < -0.39 is 6.04 Å². The highest BCUT2D eigenvalue weighted by Crippen LogP contribution is 2.24. The number of hydrogen-bond acceptors (Lipinski definition) is 8. The predicted octanol–water partition coefficient (Wildman–Crippen LogP) is 2.60. The summed E-state index contributed by atoms with van der Waals surface area (Å²) < 4.78 is 21.6. The first kappa shape index (κ1) is 20.8. The molecular weight excluding hydrogens is 402 g/mol. The Kier molecular flexibility index (Phi) is 6.42. The van der Waals surface area contributed by atoms with Gasteiger partial charge in [0, 0.05) is 24.2 Å². The number of esters is 1. The van der Waals surface area contributed by atoms with Gasteiger partial charge >= 0.3 is 5.97 Å². The fraction of sp³-hybridized carbons (Fsp3) is 0.364. The van der Waals surface area contributed by atoms with Crippen LogP contribution in [0.5, 0.6) is 5.75 Å². The molecule has 9 nitrogen and oxygen atoms in total. The number of ether oxygens (including phenoxy) is 3. The average molecular weight is 425 g/mol. The molecule has 0 radical (unpaired) electrons. The van der Waals surface area contributed by atoms with E-state index in [9.17, 15) is 9.59 Å². The number of nitrogens with zero attached hydrogens (tertiary/aromatic N) is 3. The molecule has 1 atom stereocenters. The van der Waals surface area contributed by atoms with Crippen molar-refractivity contribution in [3.05, 3.63) is 54.0 Å². The zero-order valence-corrected chi connectivity index (χ0v) is 17.2. The molecule has 0 bridgehead atoms. The van der Waals surface area contributed by atoms with Gasteiger partial charge in [0.25, 0.3) is 5.91 Å². The molecule has 9 heteroatoms. The number of hydrogen-bond donors (Lipinski definition) is 0. The number of morpholine rings is 1. The van der Waals surface area contributed by atoms with Crippen molar-refractivity contribution in [3.8, 4) is 5.75 Å². The van der Waals surface area contributed by atoms with Gasteiger partial charge in [-0.25, -0.2) is 0 Å². The summed E-state index contributed by atoms with van der Waals surface area (Å²) >= 11 is 0. The van der Waals surface area contributed by atoms with E-state index in [1.165, 1.54) is 0 Å². The molecule has 3 heterocycles. The van der Waals surface area contributed by atoms with Crippen molar-refractivity contribution in [2.24, 2.45) is 0 Å². The van der Waals surface area contributed by atoms with Gasteiger partial charge in [-0.3, -0.25) is 14.6 Å². The third-order valence-corrected chi connectivity index (χ3v) is 4.94. The lowest BCUT2D eigenvalue weighted by molar-refractivity contribution is -0.145. The van der Waals surface area contributed by atoms with Gasteiger partial charge in [-0.05, 0) is 19.1 Å². The first-order valence-corrected chi connectivity index (χ1v) is 10.1. The van der Waals surface area contributed by atoms with Crippen LogP contribution in [0, 0.1) is 0 Å². The lowest BCUT2D eigenvalue weighted by atomic mass is 10.1. The van der Waals surface area contributed by atoms with Gasteiger partial charge < -0.3 is 23.6 Å². The van der Waals surface area contributed by atoms with Crippen LogP contribution in [0.2, 0.25) is 0 Å². The van der Waals surface area contributed by atoms with Crippen molar-refractivity contribution in [3.63, 3.8) is 0 Å². The Hall–Kier alpha value is -3.46. The van der Waals surface area contributed by atoms with Crippen LogP contribution in [-0.2, 0) is 20.9 Å². The Labute approximate surface area is 178 Å². The number of carbonyl (C=O) groups is 2. The van der Waals surface area contributed by atoms with Gasteiger partial charge in [0.1, 0.15) is 17.9 Å². The number of carbonyl (C=O) groups excluding carboxylic acids is 2. The highest BCUT2D eigenvalue weighted by molar-refractivity contribution is 5.93. The molecule has 31 heavy (non-hydrogen) atoms. The van der Waals surface area contributed by atoms with Crippen LogP contribution in [-0.4, -0.2) is 59.3 Å². The van der Waals surface area contributed by atoms with Gasteiger partial charge in [0.05, 0.1) is 32.3 Å². The van der Waals surface area contributed by atoms with Crippen molar-refractivity contribution in [2.75, 3.05) is 26.4 Å². The molecule has 1 saturated heterocycles. The molecule has 1 aliphatic rings. The number of fused-ring (bicyclic) bond motifs is 1. The summed E-state index contributed by atoms with van der Waals surface area (Å²) in [6, 6.07) is 10.6. The maximum Gasteiger partial charge on any atom is 0.307 e. The molecule has 1 amide bonds. The number of amides is 1. The highest BCUT2D eigenvalue weighted by Gasteiger charge is 2.32. The van der Waals surface area contributed by atoms with Crippen molar-refractivity contribution < 1.29 is 28.3 Å². The summed E-state index contributed by atoms with van der Waals surface area (Å²) in [7, 11) is 0. The zero-order valence-electron chi connectivity index (χ0n) is 17.2.